The molecule has 0 heterocycles. The smallest absolute Gasteiger partial charge is 0.423 e. The highest BCUT2D eigenvalue weighted by Crippen LogP contribution is 2.25. The van der Waals surface area contributed by atoms with Gasteiger partial charge in [0.2, 0.25) is 0 Å². The summed E-state index contributed by atoms with van der Waals surface area (Å²) in [5, 5.41) is 18.3. The molecule has 0 aliphatic heterocycles. The Kier molecular flexibility index (Phi) is 6.15. The molecule has 23 heavy (non-hydrogen) atoms. The van der Waals surface area contributed by atoms with E-state index in [1.807, 2.05) is 50.2 Å². The van der Waals surface area contributed by atoms with E-state index in [0.717, 1.165) is 11.1 Å². The van der Waals surface area contributed by atoms with Crippen molar-refractivity contribution in [3.8, 4) is 22.3 Å². The lowest BCUT2D eigenvalue weighted by Gasteiger charge is -2.07. The van der Waals surface area contributed by atoms with Gasteiger partial charge in [-0.3, -0.25) is 0 Å². The summed E-state index contributed by atoms with van der Waals surface area (Å²) in [6, 6.07) is 25.8. The van der Waals surface area contributed by atoms with Crippen LogP contribution in [-0.2, 0) is 0 Å². The van der Waals surface area contributed by atoms with Crippen molar-refractivity contribution in [3.63, 3.8) is 0 Å². The Morgan fingerprint density at radius 3 is 1.57 bits per heavy atom. The average Bonchev–Trinajstić information content (AvgIpc) is 2.64. The van der Waals surface area contributed by atoms with Crippen molar-refractivity contribution in [2.24, 2.45) is 0 Å². The van der Waals surface area contributed by atoms with Crippen molar-refractivity contribution in [1.82, 2.24) is 0 Å². The maximum absolute atomic E-state index is 9.13. The second-order valence-electron chi connectivity index (χ2n) is 4.94. The predicted octanol–water partition coefficient (Wildman–Crippen LogP) is 3.73. The first-order valence-corrected chi connectivity index (χ1v) is 7.86. The van der Waals surface area contributed by atoms with Gasteiger partial charge in [0.25, 0.3) is 0 Å². The van der Waals surface area contributed by atoms with Crippen LogP contribution < -0.4 is 5.46 Å². The zero-order valence-corrected chi connectivity index (χ0v) is 13.5. The molecule has 3 rings (SSSR count). The van der Waals surface area contributed by atoms with Crippen LogP contribution in [0.1, 0.15) is 13.8 Å². The van der Waals surface area contributed by atoms with E-state index in [1.165, 1.54) is 11.1 Å². The largest absolute Gasteiger partial charge is 0.488 e. The van der Waals surface area contributed by atoms with Crippen LogP contribution >= 0.6 is 0 Å². The van der Waals surface area contributed by atoms with Crippen LogP contribution in [0.4, 0.5) is 0 Å². The fraction of sp³-hybridized carbons (Fsp3) is 0.100. The summed E-state index contributed by atoms with van der Waals surface area (Å²) in [5.74, 6) is 0. The van der Waals surface area contributed by atoms with E-state index in [4.69, 9.17) is 10.0 Å². The monoisotopic (exact) mass is 304 g/mol. The van der Waals surface area contributed by atoms with Gasteiger partial charge in [0.1, 0.15) is 0 Å². The van der Waals surface area contributed by atoms with Gasteiger partial charge in [0, 0.05) is 0 Å². The predicted molar refractivity (Wildman–Crippen MR) is 98.5 cm³/mol. The molecule has 0 bridgehead atoms. The molecular formula is C20H21BO2. The third-order valence-electron chi connectivity index (χ3n) is 3.51. The summed E-state index contributed by atoms with van der Waals surface area (Å²) in [6.45, 7) is 4.00. The highest BCUT2D eigenvalue weighted by atomic mass is 16.4. The third kappa shape index (κ3) is 4.32. The minimum atomic E-state index is -1.42. The standard InChI is InChI=1S/C18H15BO2.C2H6/c20-19(21)18-11-9-15(10-12-18)17-8-4-7-16(13-17)14-5-2-1-3-6-14;1-2/h1-13,20-21H;1-2H3. The molecule has 0 unspecified atom stereocenters. The normalized spacial score (nSPS) is 9.74. The van der Waals surface area contributed by atoms with Gasteiger partial charge in [0.15, 0.2) is 0 Å². The number of benzene rings is 3. The van der Waals surface area contributed by atoms with E-state index >= 15 is 0 Å². The van der Waals surface area contributed by atoms with Crippen LogP contribution in [0.2, 0.25) is 0 Å². The van der Waals surface area contributed by atoms with E-state index in [9.17, 15) is 0 Å². The Morgan fingerprint density at radius 1 is 0.565 bits per heavy atom. The van der Waals surface area contributed by atoms with Gasteiger partial charge < -0.3 is 10.0 Å². The molecule has 2 N–H and O–H groups in total. The molecule has 3 aromatic carbocycles. The number of hydrogen-bond donors (Lipinski definition) is 2. The number of hydrogen-bond acceptors (Lipinski definition) is 2. The molecule has 0 atom stereocenters. The van der Waals surface area contributed by atoms with Crippen molar-refractivity contribution in [3.05, 3.63) is 78.9 Å². The van der Waals surface area contributed by atoms with E-state index in [-0.39, 0.29) is 0 Å². The molecule has 0 aliphatic rings. The van der Waals surface area contributed by atoms with Crippen LogP contribution in [0, 0.1) is 0 Å². The Morgan fingerprint density at radius 2 is 1.04 bits per heavy atom. The van der Waals surface area contributed by atoms with Crippen LogP contribution in [-0.4, -0.2) is 17.2 Å². The molecule has 0 fully saturated rings. The Balaban J connectivity index is 0.000000924. The molecule has 0 spiro atoms. The molecule has 0 radical (unpaired) electrons. The Labute approximate surface area is 138 Å². The minimum Gasteiger partial charge on any atom is -0.423 e. The minimum absolute atomic E-state index is 0.498. The van der Waals surface area contributed by atoms with Gasteiger partial charge in [-0.2, -0.15) is 0 Å². The van der Waals surface area contributed by atoms with Crippen molar-refractivity contribution in [2.45, 2.75) is 13.8 Å². The lowest BCUT2D eigenvalue weighted by atomic mass is 9.80. The fourth-order valence-electron chi connectivity index (χ4n) is 2.36. The second-order valence-corrected chi connectivity index (χ2v) is 4.94. The molecule has 0 saturated carbocycles. The topological polar surface area (TPSA) is 40.5 Å². The van der Waals surface area contributed by atoms with Gasteiger partial charge in [-0.1, -0.05) is 86.6 Å². The summed E-state index contributed by atoms with van der Waals surface area (Å²) in [5.41, 5.74) is 5.01. The molecule has 3 aromatic rings. The summed E-state index contributed by atoms with van der Waals surface area (Å²) in [4.78, 5) is 0. The zero-order chi connectivity index (χ0) is 16.7. The lowest BCUT2D eigenvalue weighted by molar-refractivity contribution is 0.426. The maximum atomic E-state index is 9.13. The summed E-state index contributed by atoms with van der Waals surface area (Å²) in [7, 11) is -1.42. The second kappa shape index (κ2) is 8.32. The molecule has 0 aromatic heterocycles. The van der Waals surface area contributed by atoms with Crippen molar-refractivity contribution in [1.29, 1.82) is 0 Å². The average molecular weight is 304 g/mol. The van der Waals surface area contributed by atoms with Crippen molar-refractivity contribution in [2.75, 3.05) is 0 Å². The van der Waals surface area contributed by atoms with Crippen LogP contribution in [0.5, 0.6) is 0 Å². The van der Waals surface area contributed by atoms with Crippen LogP contribution in [0.15, 0.2) is 78.9 Å². The van der Waals surface area contributed by atoms with E-state index in [0.29, 0.717) is 5.46 Å². The summed E-state index contributed by atoms with van der Waals surface area (Å²) in [6.07, 6.45) is 0. The van der Waals surface area contributed by atoms with Gasteiger partial charge in [-0.25, -0.2) is 0 Å². The lowest BCUT2D eigenvalue weighted by Crippen LogP contribution is -2.29. The van der Waals surface area contributed by atoms with Gasteiger partial charge in [-0.05, 0) is 33.8 Å². The first-order chi connectivity index (χ1) is 11.2. The van der Waals surface area contributed by atoms with Crippen LogP contribution in [0.3, 0.4) is 0 Å². The molecule has 2 nitrogen and oxygen atoms in total. The van der Waals surface area contributed by atoms with Gasteiger partial charge in [-0.15, -0.1) is 0 Å². The highest BCUT2D eigenvalue weighted by molar-refractivity contribution is 6.58. The summed E-state index contributed by atoms with van der Waals surface area (Å²) >= 11 is 0. The molecule has 116 valence electrons. The first kappa shape index (κ1) is 17.0. The van der Waals surface area contributed by atoms with E-state index < -0.39 is 7.12 Å². The molecule has 0 amide bonds. The Bertz CT molecular complexity index is 722. The third-order valence-corrected chi connectivity index (χ3v) is 3.51. The van der Waals surface area contributed by atoms with Crippen molar-refractivity contribution < 1.29 is 10.0 Å². The summed E-state index contributed by atoms with van der Waals surface area (Å²) < 4.78 is 0. The van der Waals surface area contributed by atoms with Crippen LogP contribution in [0.25, 0.3) is 22.3 Å². The molecular weight excluding hydrogens is 283 g/mol. The molecule has 3 heteroatoms. The first-order valence-electron chi connectivity index (χ1n) is 7.86. The van der Waals surface area contributed by atoms with Gasteiger partial charge in [0.05, 0.1) is 0 Å². The van der Waals surface area contributed by atoms with E-state index in [2.05, 4.69) is 30.3 Å². The molecule has 0 saturated heterocycles. The molecule has 0 aliphatic carbocycles. The van der Waals surface area contributed by atoms with E-state index in [1.54, 1.807) is 12.1 Å². The SMILES string of the molecule is CC.OB(O)c1ccc(-c2cccc(-c3ccccc3)c2)cc1. The fourth-order valence-corrected chi connectivity index (χ4v) is 2.36. The quantitative estimate of drug-likeness (QED) is 0.724. The highest BCUT2D eigenvalue weighted by Gasteiger charge is 2.10. The zero-order valence-electron chi connectivity index (χ0n) is 13.5. The Hall–Kier alpha value is -2.36. The van der Waals surface area contributed by atoms with Gasteiger partial charge >= 0.3 is 7.12 Å². The van der Waals surface area contributed by atoms with Crippen molar-refractivity contribution >= 4 is 12.6 Å². The maximum Gasteiger partial charge on any atom is 0.488 e. The number of rotatable bonds is 3.